The molecule has 2 saturated carbocycles. The van der Waals surface area contributed by atoms with Crippen molar-refractivity contribution in [1.82, 2.24) is 5.32 Å². The van der Waals surface area contributed by atoms with E-state index in [0.717, 1.165) is 38.2 Å². The average Bonchev–Trinajstić information content (AvgIpc) is 3.07. The van der Waals surface area contributed by atoms with Gasteiger partial charge in [0.2, 0.25) is 0 Å². The Kier molecular flexibility index (Phi) is 4.62. The molecular formula is C14H25NO3. The summed E-state index contributed by atoms with van der Waals surface area (Å²) in [7, 11) is 1.76. The fourth-order valence-corrected chi connectivity index (χ4v) is 3.17. The Hall–Kier alpha value is -0.610. The summed E-state index contributed by atoms with van der Waals surface area (Å²) in [4.78, 5) is 11.4. The van der Waals surface area contributed by atoms with E-state index in [0.29, 0.717) is 6.61 Å². The second-order valence-corrected chi connectivity index (χ2v) is 5.75. The highest BCUT2D eigenvalue weighted by Crippen LogP contribution is 2.38. The van der Waals surface area contributed by atoms with Crippen molar-refractivity contribution in [2.45, 2.75) is 50.5 Å². The number of carboxylic acids is 1. The van der Waals surface area contributed by atoms with Gasteiger partial charge in [-0.1, -0.05) is 19.3 Å². The second-order valence-electron chi connectivity index (χ2n) is 5.75. The highest BCUT2D eigenvalue weighted by atomic mass is 16.5. The van der Waals surface area contributed by atoms with Crippen molar-refractivity contribution in [2.24, 2.45) is 11.8 Å². The van der Waals surface area contributed by atoms with Gasteiger partial charge in [-0.3, -0.25) is 4.79 Å². The van der Waals surface area contributed by atoms with E-state index in [1.54, 1.807) is 7.05 Å². The number of likely N-dealkylation sites (N-methyl/N-ethyl adjacent to an activating group) is 1. The Morgan fingerprint density at radius 1 is 1.33 bits per heavy atom. The molecule has 2 rings (SSSR count). The number of carbonyl (C=O) groups is 1. The summed E-state index contributed by atoms with van der Waals surface area (Å²) in [5.41, 5.74) is -0.708. The van der Waals surface area contributed by atoms with E-state index in [1.807, 2.05) is 0 Å². The average molecular weight is 255 g/mol. The molecule has 2 N–H and O–H groups in total. The number of hydrogen-bond acceptors (Lipinski definition) is 3. The van der Waals surface area contributed by atoms with Crippen LogP contribution in [0.2, 0.25) is 0 Å². The molecule has 104 valence electrons. The van der Waals surface area contributed by atoms with E-state index >= 15 is 0 Å². The van der Waals surface area contributed by atoms with Crippen molar-refractivity contribution < 1.29 is 14.6 Å². The van der Waals surface area contributed by atoms with E-state index < -0.39 is 11.5 Å². The molecule has 2 aliphatic rings. The van der Waals surface area contributed by atoms with Gasteiger partial charge in [-0.25, -0.2) is 0 Å². The van der Waals surface area contributed by atoms with Gasteiger partial charge in [0.05, 0.1) is 0 Å². The normalized spacial score (nSPS) is 31.7. The predicted molar refractivity (Wildman–Crippen MR) is 69.5 cm³/mol. The smallest absolute Gasteiger partial charge is 0.324 e. The van der Waals surface area contributed by atoms with Crippen LogP contribution in [0.15, 0.2) is 0 Å². The summed E-state index contributed by atoms with van der Waals surface area (Å²) in [5, 5.41) is 12.5. The molecule has 2 fully saturated rings. The molecular weight excluding hydrogens is 230 g/mol. The predicted octanol–water partition coefficient (Wildman–Crippen LogP) is 2.04. The third-order valence-electron chi connectivity index (χ3n) is 4.63. The Labute approximate surface area is 109 Å². The fraction of sp³-hybridized carbons (Fsp3) is 0.929. The van der Waals surface area contributed by atoms with Gasteiger partial charge in [0.25, 0.3) is 0 Å². The Bertz CT molecular complexity index is 291. The zero-order valence-electron chi connectivity index (χ0n) is 11.3. The summed E-state index contributed by atoms with van der Waals surface area (Å²) in [5.74, 6) is 0.415. The van der Waals surface area contributed by atoms with Crippen molar-refractivity contribution in [3.63, 3.8) is 0 Å². The van der Waals surface area contributed by atoms with Crippen LogP contribution in [0.3, 0.4) is 0 Å². The lowest BCUT2D eigenvalue weighted by Gasteiger charge is -2.30. The molecule has 2 atom stereocenters. The number of aliphatic carboxylic acids is 1. The topological polar surface area (TPSA) is 58.6 Å². The van der Waals surface area contributed by atoms with Crippen molar-refractivity contribution in [2.75, 3.05) is 20.3 Å². The zero-order chi connectivity index (χ0) is 13.0. The van der Waals surface area contributed by atoms with Crippen molar-refractivity contribution in [1.29, 1.82) is 0 Å². The molecule has 0 aromatic rings. The van der Waals surface area contributed by atoms with Crippen LogP contribution in [0.5, 0.6) is 0 Å². The Balaban J connectivity index is 1.71. The maximum atomic E-state index is 11.4. The van der Waals surface area contributed by atoms with E-state index in [9.17, 15) is 9.90 Å². The quantitative estimate of drug-likeness (QED) is 0.652. The van der Waals surface area contributed by atoms with Crippen LogP contribution in [0.1, 0.15) is 44.9 Å². The monoisotopic (exact) mass is 255 g/mol. The van der Waals surface area contributed by atoms with Gasteiger partial charge in [-0.15, -0.1) is 0 Å². The molecule has 4 nitrogen and oxygen atoms in total. The summed E-state index contributed by atoms with van der Waals surface area (Å²) < 4.78 is 5.64. The molecule has 18 heavy (non-hydrogen) atoms. The van der Waals surface area contributed by atoms with Crippen molar-refractivity contribution in [3.8, 4) is 0 Å². The summed E-state index contributed by atoms with van der Waals surface area (Å²) in [6.45, 7) is 1.55. The van der Waals surface area contributed by atoms with Crippen LogP contribution >= 0.6 is 0 Å². The second kappa shape index (κ2) is 6.02. The van der Waals surface area contributed by atoms with Crippen LogP contribution in [0.4, 0.5) is 0 Å². The molecule has 2 unspecified atom stereocenters. The number of hydrogen-bond donors (Lipinski definition) is 2. The summed E-state index contributed by atoms with van der Waals surface area (Å²) in [6, 6.07) is 0. The molecule has 0 aromatic carbocycles. The first-order chi connectivity index (χ1) is 8.69. The Morgan fingerprint density at radius 2 is 2.06 bits per heavy atom. The van der Waals surface area contributed by atoms with Crippen LogP contribution in [-0.2, 0) is 9.53 Å². The number of carboxylic acid groups (broad SMARTS) is 1. The zero-order valence-corrected chi connectivity index (χ0v) is 11.3. The molecule has 2 aliphatic carbocycles. The van der Waals surface area contributed by atoms with Crippen LogP contribution in [-0.4, -0.2) is 36.9 Å². The molecule has 4 heteroatoms. The van der Waals surface area contributed by atoms with Crippen molar-refractivity contribution in [3.05, 3.63) is 0 Å². The Morgan fingerprint density at radius 3 is 2.67 bits per heavy atom. The minimum absolute atomic E-state index is 0.209. The minimum atomic E-state index is -0.708. The van der Waals surface area contributed by atoms with E-state index in [-0.39, 0.29) is 5.92 Å². The van der Waals surface area contributed by atoms with Gasteiger partial charge >= 0.3 is 5.97 Å². The van der Waals surface area contributed by atoms with Gasteiger partial charge in [-0.05, 0) is 44.6 Å². The molecule has 0 bridgehead atoms. The van der Waals surface area contributed by atoms with Gasteiger partial charge in [0, 0.05) is 13.2 Å². The van der Waals surface area contributed by atoms with Crippen LogP contribution in [0, 0.1) is 11.8 Å². The lowest BCUT2D eigenvalue weighted by atomic mass is 9.85. The van der Waals surface area contributed by atoms with Gasteiger partial charge in [0.1, 0.15) is 5.54 Å². The maximum absolute atomic E-state index is 11.4. The van der Waals surface area contributed by atoms with Crippen molar-refractivity contribution >= 4 is 5.97 Å². The largest absolute Gasteiger partial charge is 0.480 e. The standard InChI is InChI=1S/C14H25NO3/c1-15-14(13(16)17)8-2-3-12(14)7-10-18-9-6-11-4-5-11/h11-12,15H,2-10H2,1H3,(H,16,17). The van der Waals surface area contributed by atoms with Crippen LogP contribution < -0.4 is 5.32 Å². The van der Waals surface area contributed by atoms with E-state index in [4.69, 9.17) is 4.74 Å². The van der Waals surface area contributed by atoms with E-state index in [2.05, 4.69) is 5.32 Å². The summed E-state index contributed by atoms with van der Waals surface area (Å²) in [6.07, 6.45) is 7.52. The molecule has 0 saturated heterocycles. The first-order valence-electron chi connectivity index (χ1n) is 7.19. The highest BCUT2D eigenvalue weighted by molar-refractivity contribution is 5.79. The molecule has 0 radical (unpaired) electrons. The molecule has 0 aromatic heterocycles. The molecule has 0 aliphatic heterocycles. The SMILES string of the molecule is CNC1(C(=O)O)CCCC1CCOCCC1CC1. The lowest BCUT2D eigenvalue weighted by molar-refractivity contribution is -0.146. The first-order valence-corrected chi connectivity index (χ1v) is 7.19. The molecule has 0 spiro atoms. The number of ether oxygens (including phenoxy) is 1. The van der Waals surface area contributed by atoms with Gasteiger partial charge in [-0.2, -0.15) is 0 Å². The van der Waals surface area contributed by atoms with Crippen LogP contribution in [0.25, 0.3) is 0 Å². The molecule has 0 heterocycles. The fourth-order valence-electron chi connectivity index (χ4n) is 3.17. The maximum Gasteiger partial charge on any atom is 0.324 e. The summed E-state index contributed by atoms with van der Waals surface area (Å²) >= 11 is 0. The number of rotatable bonds is 8. The third-order valence-corrected chi connectivity index (χ3v) is 4.63. The highest BCUT2D eigenvalue weighted by Gasteiger charge is 2.47. The number of nitrogens with one attached hydrogen (secondary N) is 1. The first kappa shape index (κ1) is 13.8. The minimum Gasteiger partial charge on any atom is -0.480 e. The van der Waals surface area contributed by atoms with Gasteiger partial charge in [0.15, 0.2) is 0 Å². The third kappa shape index (κ3) is 3.04. The van der Waals surface area contributed by atoms with E-state index in [1.165, 1.54) is 19.3 Å². The van der Waals surface area contributed by atoms with Gasteiger partial charge < -0.3 is 15.2 Å². The molecule has 0 amide bonds. The lowest BCUT2D eigenvalue weighted by Crippen LogP contribution is -2.53.